The van der Waals surface area contributed by atoms with Crippen molar-refractivity contribution in [1.29, 1.82) is 0 Å². The van der Waals surface area contributed by atoms with Gasteiger partial charge in [0.15, 0.2) is 0 Å². The first kappa shape index (κ1) is 21.8. The average molecular weight is 415 g/mol. The fourth-order valence-electron chi connectivity index (χ4n) is 4.48. The second-order valence-electron chi connectivity index (χ2n) is 8.00. The minimum Gasteiger partial charge on any atom is -0.385 e. The molecule has 1 aliphatic heterocycles. The SMILES string of the molecule is CCc1cccc(-c2c(Cl)cccc2[C@](O)(CCCC(N)=O)[C@@H]2CCCNC2)c1. The van der Waals surface area contributed by atoms with Crippen LogP contribution >= 0.6 is 11.6 Å². The van der Waals surface area contributed by atoms with E-state index in [0.29, 0.717) is 17.9 Å². The number of piperidine rings is 1. The number of nitrogens with one attached hydrogen (secondary N) is 1. The van der Waals surface area contributed by atoms with Crippen molar-refractivity contribution in [2.75, 3.05) is 13.1 Å². The monoisotopic (exact) mass is 414 g/mol. The molecule has 0 spiro atoms. The van der Waals surface area contributed by atoms with Gasteiger partial charge in [-0.2, -0.15) is 0 Å². The van der Waals surface area contributed by atoms with E-state index in [4.69, 9.17) is 17.3 Å². The number of hydrogen-bond acceptors (Lipinski definition) is 3. The number of halogens is 1. The van der Waals surface area contributed by atoms with Crippen LogP contribution in [0.1, 0.15) is 50.2 Å². The Morgan fingerprint density at radius 1 is 1.31 bits per heavy atom. The predicted molar refractivity (Wildman–Crippen MR) is 119 cm³/mol. The molecule has 1 aliphatic rings. The molecule has 2 aromatic rings. The number of aliphatic hydroxyl groups is 1. The van der Waals surface area contributed by atoms with E-state index in [1.54, 1.807) is 0 Å². The van der Waals surface area contributed by atoms with Crippen molar-refractivity contribution in [3.8, 4) is 11.1 Å². The Morgan fingerprint density at radius 2 is 2.10 bits per heavy atom. The number of amides is 1. The quantitative estimate of drug-likeness (QED) is 0.598. The summed E-state index contributed by atoms with van der Waals surface area (Å²) in [7, 11) is 0. The fraction of sp³-hybridized carbons (Fsp3) is 0.458. The Hall–Kier alpha value is -1.88. The van der Waals surface area contributed by atoms with Crippen molar-refractivity contribution in [3.63, 3.8) is 0 Å². The lowest BCUT2D eigenvalue weighted by Gasteiger charge is -2.40. The Balaban J connectivity index is 2.09. The van der Waals surface area contributed by atoms with Crippen LogP contribution in [-0.2, 0) is 16.8 Å². The third-order valence-corrected chi connectivity index (χ3v) is 6.37. The largest absolute Gasteiger partial charge is 0.385 e. The van der Waals surface area contributed by atoms with Crippen molar-refractivity contribution in [3.05, 3.63) is 58.6 Å². The number of rotatable bonds is 8. The van der Waals surface area contributed by atoms with E-state index < -0.39 is 5.60 Å². The molecular formula is C24H31ClN2O2. The Labute approximate surface area is 178 Å². The maximum Gasteiger partial charge on any atom is 0.217 e. The van der Waals surface area contributed by atoms with E-state index in [2.05, 4.69) is 24.4 Å². The first-order chi connectivity index (χ1) is 14.0. The minimum absolute atomic E-state index is 0.0516. The molecule has 0 unspecified atom stereocenters. The van der Waals surface area contributed by atoms with Crippen molar-refractivity contribution in [1.82, 2.24) is 5.32 Å². The molecule has 2 aromatic carbocycles. The zero-order valence-electron chi connectivity index (χ0n) is 17.1. The van der Waals surface area contributed by atoms with E-state index >= 15 is 0 Å². The summed E-state index contributed by atoms with van der Waals surface area (Å²) in [6.45, 7) is 3.84. The van der Waals surface area contributed by atoms with E-state index in [0.717, 1.165) is 49.0 Å². The summed E-state index contributed by atoms with van der Waals surface area (Å²) in [5, 5.41) is 16.1. The molecular weight excluding hydrogens is 384 g/mol. The topological polar surface area (TPSA) is 75.3 Å². The molecule has 4 nitrogen and oxygen atoms in total. The smallest absolute Gasteiger partial charge is 0.217 e. The van der Waals surface area contributed by atoms with Crippen LogP contribution in [0.2, 0.25) is 5.02 Å². The van der Waals surface area contributed by atoms with Crippen LogP contribution < -0.4 is 11.1 Å². The van der Waals surface area contributed by atoms with E-state index in [-0.39, 0.29) is 18.2 Å². The van der Waals surface area contributed by atoms with Crippen molar-refractivity contribution < 1.29 is 9.90 Å². The highest BCUT2D eigenvalue weighted by atomic mass is 35.5. The van der Waals surface area contributed by atoms with Gasteiger partial charge in [-0.3, -0.25) is 4.79 Å². The molecule has 1 fully saturated rings. The van der Waals surface area contributed by atoms with Crippen LogP contribution in [0, 0.1) is 5.92 Å². The summed E-state index contributed by atoms with van der Waals surface area (Å²) >= 11 is 6.69. The molecule has 29 heavy (non-hydrogen) atoms. The third-order valence-electron chi connectivity index (χ3n) is 6.06. The van der Waals surface area contributed by atoms with Gasteiger partial charge in [-0.05, 0) is 61.4 Å². The van der Waals surface area contributed by atoms with Gasteiger partial charge in [-0.25, -0.2) is 0 Å². The van der Waals surface area contributed by atoms with Crippen LogP contribution in [0.15, 0.2) is 42.5 Å². The highest BCUT2D eigenvalue weighted by molar-refractivity contribution is 6.33. The summed E-state index contributed by atoms with van der Waals surface area (Å²) in [4.78, 5) is 11.3. The fourth-order valence-corrected chi connectivity index (χ4v) is 4.76. The number of aryl methyl sites for hydroxylation is 1. The molecule has 1 saturated heterocycles. The highest BCUT2D eigenvalue weighted by Gasteiger charge is 2.40. The van der Waals surface area contributed by atoms with Gasteiger partial charge >= 0.3 is 0 Å². The molecule has 0 aliphatic carbocycles. The van der Waals surface area contributed by atoms with Gasteiger partial charge in [0.25, 0.3) is 0 Å². The molecule has 1 heterocycles. The molecule has 3 rings (SSSR count). The van der Waals surface area contributed by atoms with Gasteiger partial charge in [-0.1, -0.05) is 54.9 Å². The standard InChI is InChI=1S/C24H31ClN2O2/c1-2-17-7-3-8-18(15-17)23-20(10-4-11-21(23)25)24(29,13-5-12-22(26)28)19-9-6-14-27-16-19/h3-4,7-8,10-11,15,19,27,29H,2,5-6,9,12-14,16H2,1H3,(H2,26,28)/t19-,24+/m1/s1. The first-order valence-electron chi connectivity index (χ1n) is 10.6. The molecule has 2 atom stereocenters. The van der Waals surface area contributed by atoms with Crippen LogP contribution in [0.3, 0.4) is 0 Å². The van der Waals surface area contributed by atoms with Gasteiger partial charge in [0.2, 0.25) is 5.91 Å². The van der Waals surface area contributed by atoms with Gasteiger partial charge in [0.1, 0.15) is 0 Å². The molecule has 4 N–H and O–H groups in total. The molecule has 0 radical (unpaired) electrons. The second-order valence-corrected chi connectivity index (χ2v) is 8.41. The van der Waals surface area contributed by atoms with E-state index in [1.807, 2.05) is 30.3 Å². The van der Waals surface area contributed by atoms with Crippen LogP contribution in [0.5, 0.6) is 0 Å². The Morgan fingerprint density at radius 3 is 2.79 bits per heavy atom. The lowest BCUT2D eigenvalue weighted by Crippen LogP contribution is -2.44. The highest BCUT2D eigenvalue weighted by Crippen LogP contribution is 2.45. The molecule has 0 aromatic heterocycles. The summed E-state index contributed by atoms with van der Waals surface area (Å²) < 4.78 is 0. The van der Waals surface area contributed by atoms with Crippen LogP contribution in [-0.4, -0.2) is 24.1 Å². The second kappa shape index (κ2) is 9.75. The third kappa shape index (κ3) is 5.00. The summed E-state index contributed by atoms with van der Waals surface area (Å²) in [5.41, 5.74) is 8.26. The molecule has 1 amide bonds. The number of nitrogens with two attached hydrogens (primary N) is 1. The van der Waals surface area contributed by atoms with E-state index in [9.17, 15) is 9.90 Å². The van der Waals surface area contributed by atoms with Gasteiger partial charge in [0.05, 0.1) is 5.60 Å². The predicted octanol–water partition coefficient (Wildman–Crippen LogP) is 4.41. The summed E-state index contributed by atoms with van der Waals surface area (Å²) in [5.74, 6) is -0.285. The number of benzene rings is 2. The van der Waals surface area contributed by atoms with Gasteiger partial charge < -0.3 is 16.2 Å². The molecule has 0 bridgehead atoms. The Bertz CT molecular complexity index is 849. The van der Waals surface area contributed by atoms with E-state index in [1.165, 1.54) is 5.56 Å². The minimum atomic E-state index is -1.08. The van der Waals surface area contributed by atoms with Gasteiger partial charge in [-0.15, -0.1) is 0 Å². The lowest BCUT2D eigenvalue weighted by molar-refractivity contribution is -0.118. The van der Waals surface area contributed by atoms with Crippen LogP contribution in [0.4, 0.5) is 0 Å². The average Bonchev–Trinajstić information content (AvgIpc) is 2.73. The van der Waals surface area contributed by atoms with Crippen molar-refractivity contribution in [2.24, 2.45) is 11.7 Å². The zero-order valence-corrected chi connectivity index (χ0v) is 17.8. The maximum atomic E-state index is 12.1. The van der Waals surface area contributed by atoms with Crippen molar-refractivity contribution in [2.45, 2.75) is 51.0 Å². The van der Waals surface area contributed by atoms with Crippen molar-refractivity contribution >= 4 is 17.5 Å². The summed E-state index contributed by atoms with van der Waals surface area (Å²) in [6.07, 6.45) is 4.17. The number of carbonyl (C=O) groups excluding carboxylic acids is 1. The maximum absolute atomic E-state index is 12.1. The summed E-state index contributed by atoms with van der Waals surface area (Å²) in [6, 6.07) is 14.1. The first-order valence-corrected chi connectivity index (χ1v) is 10.9. The molecule has 0 saturated carbocycles. The number of carbonyl (C=O) groups is 1. The number of hydrogen-bond donors (Lipinski definition) is 3. The lowest BCUT2D eigenvalue weighted by atomic mass is 9.72. The van der Waals surface area contributed by atoms with Gasteiger partial charge in [0, 0.05) is 29.5 Å². The Kier molecular flexibility index (Phi) is 7.33. The number of primary amides is 1. The molecule has 5 heteroatoms. The normalized spacial score (nSPS) is 18.9. The van der Waals surface area contributed by atoms with Crippen LogP contribution in [0.25, 0.3) is 11.1 Å². The zero-order chi connectivity index (χ0) is 20.9. The molecule has 156 valence electrons.